The molecule has 2 amide bonds. The Hall–Kier alpha value is -2.08. The van der Waals surface area contributed by atoms with Gasteiger partial charge in [0.15, 0.2) is 0 Å². The summed E-state index contributed by atoms with van der Waals surface area (Å²) in [5.41, 5.74) is 0.869. The third-order valence-electron chi connectivity index (χ3n) is 3.81. The second kappa shape index (κ2) is 8.53. The van der Waals surface area contributed by atoms with Crippen molar-refractivity contribution in [1.82, 2.24) is 10.6 Å². The maximum Gasteiger partial charge on any atom is 0.242 e. The average molecular weight is 319 g/mol. The van der Waals surface area contributed by atoms with Crippen LogP contribution in [0.3, 0.4) is 0 Å². The van der Waals surface area contributed by atoms with Gasteiger partial charge in [-0.2, -0.15) is 0 Å². The van der Waals surface area contributed by atoms with Gasteiger partial charge in [-0.05, 0) is 38.3 Å². The molecule has 6 nitrogen and oxygen atoms in total. The lowest BCUT2D eigenvalue weighted by molar-refractivity contribution is -0.128. The molecule has 1 fully saturated rings. The van der Waals surface area contributed by atoms with Gasteiger partial charge in [-0.1, -0.05) is 18.2 Å². The number of aliphatic hydroxyl groups excluding tert-OH is 1. The molecule has 6 heteroatoms. The van der Waals surface area contributed by atoms with E-state index in [0.717, 1.165) is 18.5 Å². The summed E-state index contributed by atoms with van der Waals surface area (Å²) < 4.78 is 0. The topological polar surface area (TPSA) is 81.7 Å². The summed E-state index contributed by atoms with van der Waals surface area (Å²) in [7, 11) is 0. The number of aliphatic hydroxyl groups is 1. The van der Waals surface area contributed by atoms with Gasteiger partial charge in [0.2, 0.25) is 11.8 Å². The van der Waals surface area contributed by atoms with Gasteiger partial charge >= 0.3 is 0 Å². The fourth-order valence-electron chi connectivity index (χ4n) is 2.71. The second-order valence-corrected chi connectivity index (χ2v) is 5.97. The van der Waals surface area contributed by atoms with Gasteiger partial charge in [-0.15, -0.1) is 0 Å². The summed E-state index contributed by atoms with van der Waals surface area (Å²) >= 11 is 0. The molecule has 0 aromatic heterocycles. The van der Waals surface area contributed by atoms with E-state index in [4.69, 9.17) is 0 Å². The van der Waals surface area contributed by atoms with Crippen molar-refractivity contribution in [3.8, 4) is 0 Å². The Morgan fingerprint density at radius 3 is 2.83 bits per heavy atom. The van der Waals surface area contributed by atoms with Crippen LogP contribution in [0.25, 0.3) is 0 Å². The molecule has 0 radical (unpaired) electrons. The largest absolute Gasteiger partial charge is 0.392 e. The number of nitrogens with one attached hydrogen (secondary N) is 2. The number of para-hydroxylation sites is 1. The fourth-order valence-corrected chi connectivity index (χ4v) is 2.71. The third kappa shape index (κ3) is 5.56. The van der Waals surface area contributed by atoms with E-state index in [-0.39, 0.29) is 18.4 Å². The fraction of sp³-hybridized carbons (Fsp3) is 0.529. The molecule has 3 N–H and O–H groups in total. The summed E-state index contributed by atoms with van der Waals surface area (Å²) in [6, 6.07) is 9.01. The molecule has 1 aromatic rings. The van der Waals surface area contributed by atoms with E-state index < -0.39 is 12.1 Å². The lowest BCUT2D eigenvalue weighted by Crippen LogP contribution is -2.49. The van der Waals surface area contributed by atoms with E-state index in [2.05, 4.69) is 10.6 Å². The molecule has 0 saturated carbocycles. The number of carbonyl (C=O) groups excluding carboxylic acids is 2. The van der Waals surface area contributed by atoms with E-state index >= 15 is 0 Å². The number of hydrogen-bond acceptors (Lipinski definition) is 4. The van der Waals surface area contributed by atoms with Gasteiger partial charge in [-0.3, -0.25) is 9.59 Å². The second-order valence-electron chi connectivity index (χ2n) is 5.97. The first-order valence-corrected chi connectivity index (χ1v) is 8.11. The van der Waals surface area contributed by atoms with Crippen LogP contribution in [0.1, 0.15) is 26.2 Å². The van der Waals surface area contributed by atoms with Crippen molar-refractivity contribution < 1.29 is 14.7 Å². The van der Waals surface area contributed by atoms with E-state index in [1.165, 1.54) is 0 Å². The molecular weight excluding hydrogens is 294 g/mol. The minimum atomic E-state index is -0.552. The predicted molar refractivity (Wildman–Crippen MR) is 89.1 cm³/mol. The quantitative estimate of drug-likeness (QED) is 0.719. The van der Waals surface area contributed by atoms with Gasteiger partial charge < -0.3 is 20.6 Å². The average Bonchev–Trinajstić information content (AvgIpc) is 2.72. The molecule has 23 heavy (non-hydrogen) atoms. The molecular formula is C17H25N3O3. The molecule has 0 aliphatic carbocycles. The Morgan fingerprint density at radius 1 is 1.39 bits per heavy atom. The standard InChI is InChI=1S/C17H25N3O3/c1-13(21)11-20(14-7-3-2-4-8-14)12-16(22)19-15-9-5-6-10-18-17(15)23/h2-4,7-8,13,15,21H,5-6,9-12H2,1H3,(H,18,23)(H,19,22)/t13-,15+/m0/s1. The van der Waals surface area contributed by atoms with E-state index in [0.29, 0.717) is 19.5 Å². The van der Waals surface area contributed by atoms with Crippen LogP contribution < -0.4 is 15.5 Å². The van der Waals surface area contributed by atoms with Gasteiger partial charge in [0, 0.05) is 18.8 Å². The molecule has 1 aliphatic rings. The molecule has 1 heterocycles. The summed E-state index contributed by atoms with van der Waals surface area (Å²) in [6.07, 6.45) is 1.97. The number of anilines is 1. The van der Waals surface area contributed by atoms with Crippen molar-refractivity contribution in [3.05, 3.63) is 30.3 Å². The highest BCUT2D eigenvalue weighted by Gasteiger charge is 2.23. The van der Waals surface area contributed by atoms with Crippen LogP contribution in [0, 0.1) is 0 Å². The molecule has 126 valence electrons. The van der Waals surface area contributed by atoms with Crippen LogP contribution in [0.4, 0.5) is 5.69 Å². The minimum Gasteiger partial charge on any atom is -0.392 e. The molecule has 1 aromatic carbocycles. The van der Waals surface area contributed by atoms with Gasteiger partial charge in [-0.25, -0.2) is 0 Å². The molecule has 1 saturated heterocycles. The van der Waals surface area contributed by atoms with Crippen molar-refractivity contribution >= 4 is 17.5 Å². The number of benzene rings is 1. The zero-order valence-electron chi connectivity index (χ0n) is 13.5. The Bertz CT molecular complexity index is 519. The normalized spacial score (nSPS) is 19.4. The highest BCUT2D eigenvalue weighted by molar-refractivity contribution is 5.89. The number of nitrogens with zero attached hydrogens (tertiary/aromatic N) is 1. The van der Waals surface area contributed by atoms with Crippen molar-refractivity contribution in [2.45, 2.75) is 38.3 Å². The molecule has 0 spiro atoms. The summed E-state index contributed by atoms with van der Waals surface area (Å²) in [4.78, 5) is 26.0. The summed E-state index contributed by atoms with van der Waals surface area (Å²) in [6.45, 7) is 2.82. The van der Waals surface area contributed by atoms with Crippen LogP contribution in [-0.2, 0) is 9.59 Å². The maximum absolute atomic E-state index is 12.3. The maximum atomic E-state index is 12.3. The van der Waals surface area contributed by atoms with Crippen molar-refractivity contribution in [3.63, 3.8) is 0 Å². The third-order valence-corrected chi connectivity index (χ3v) is 3.81. The van der Waals surface area contributed by atoms with Gasteiger partial charge in [0.05, 0.1) is 12.6 Å². The van der Waals surface area contributed by atoms with Crippen LogP contribution in [0.5, 0.6) is 0 Å². The number of hydrogen-bond donors (Lipinski definition) is 3. The smallest absolute Gasteiger partial charge is 0.242 e. The number of carbonyl (C=O) groups is 2. The van der Waals surface area contributed by atoms with E-state index in [9.17, 15) is 14.7 Å². The van der Waals surface area contributed by atoms with Crippen LogP contribution in [0.15, 0.2) is 30.3 Å². The molecule has 0 bridgehead atoms. The number of amides is 2. The zero-order chi connectivity index (χ0) is 16.7. The Morgan fingerprint density at radius 2 is 2.13 bits per heavy atom. The highest BCUT2D eigenvalue weighted by Crippen LogP contribution is 2.13. The van der Waals surface area contributed by atoms with Crippen LogP contribution in [-0.4, -0.2) is 48.7 Å². The van der Waals surface area contributed by atoms with Crippen LogP contribution >= 0.6 is 0 Å². The minimum absolute atomic E-state index is 0.110. The van der Waals surface area contributed by atoms with Crippen molar-refractivity contribution in [2.75, 3.05) is 24.5 Å². The van der Waals surface area contributed by atoms with E-state index in [1.54, 1.807) is 6.92 Å². The molecule has 1 aliphatic heterocycles. The van der Waals surface area contributed by atoms with Crippen molar-refractivity contribution in [1.29, 1.82) is 0 Å². The SMILES string of the molecule is C[C@H](O)CN(CC(=O)N[C@@H]1CCCCNC1=O)c1ccccc1. The lowest BCUT2D eigenvalue weighted by Gasteiger charge is -2.26. The molecule has 2 atom stereocenters. The van der Waals surface area contributed by atoms with Crippen molar-refractivity contribution in [2.24, 2.45) is 0 Å². The highest BCUT2D eigenvalue weighted by atomic mass is 16.3. The number of rotatable bonds is 6. The van der Waals surface area contributed by atoms with Gasteiger partial charge in [0.1, 0.15) is 6.04 Å². The summed E-state index contributed by atoms with van der Waals surface area (Å²) in [5, 5.41) is 15.3. The van der Waals surface area contributed by atoms with Crippen LogP contribution in [0.2, 0.25) is 0 Å². The molecule has 2 rings (SSSR count). The first-order valence-electron chi connectivity index (χ1n) is 8.11. The predicted octanol–water partition coefficient (Wildman–Crippen LogP) is 0.659. The van der Waals surface area contributed by atoms with Gasteiger partial charge in [0.25, 0.3) is 0 Å². The molecule has 0 unspecified atom stereocenters. The Kier molecular flexibility index (Phi) is 6.40. The Labute approximate surface area is 136 Å². The zero-order valence-corrected chi connectivity index (χ0v) is 13.5. The van der Waals surface area contributed by atoms with E-state index in [1.807, 2.05) is 35.2 Å². The first kappa shape index (κ1) is 17.3. The Balaban J connectivity index is 1.98. The monoisotopic (exact) mass is 319 g/mol. The first-order chi connectivity index (χ1) is 11.1. The lowest BCUT2D eigenvalue weighted by atomic mass is 10.1. The summed E-state index contributed by atoms with van der Waals surface area (Å²) in [5.74, 6) is -0.325.